The van der Waals surface area contributed by atoms with Gasteiger partial charge in [-0.15, -0.1) is 12.4 Å². The number of amides is 1. The highest BCUT2D eigenvalue weighted by atomic mass is 35.5. The quantitative estimate of drug-likeness (QED) is 0.352. The average molecular weight is 424 g/mol. The SMILES string of the molecule is Cl.O=C(/C=C/c1cnc(N[C@@H]2CCC[C@H]2OCc2ccccc2)c(Cl)c1)NO. The van der Waals surface area contributed by atoms with Crippen molar-refractivity contribution in [3.63, 3.8) is 0 Å². The third kappa shape index (κ3) is 6.21. The number of carbonyl (C=O) groups is 1. The molecule has 3 N–H and O–H groups in total. The largest absolute Gasteiger partial charge is 0.371 e. The maximum Gasteiger partial charge on any atom is 0.267 e. The Kier molecular flexibility index (Phi) is 8.73. The zero-order chi connectivity index (χ0) is 19.1. The van der Waals surface area contributed by atoms with E-state index in [4.69, 9.17) is 21.5 Å². The Balaban J connectivity index is 0.00000280. The lowest BCUT2D eigenvalue weighted by atomic mass is 10.2. The number of rotatable bonds is 7. The second kappa shape index (κ2) is 11.0. The Morgan fingerprint density at radius 2 is 2.11 bits per heavy atom. The van der Waals surface area contributed by atoms with Gasteiger partial charge in [0, 0.05) is 12.3 Å². The van der Waals surface area contributed by atoms with Crippen molar-refractivity contribution in [1.29, 1.82) is 0 Å². The van der Waals surface area contributed by atoms with E-state index >= 15 is 0 Å². The highest BCUT2D eigenvalue weighted by molar-refractivity contribution is 6.33. The zero-order valence-corrected chi connectivity index (χ0v) is 16.7. The van der Waals surface area contributed by atoms with Crippen LogP contribution in [0.15, 0.2) is 48.7 Å². The molecule has 1 heterocycles. The molecule has 150 valence electrons. The van der Waals surface area contributed by atoms with Gasteiger partial charge in [0.15, 0.2) is 0 Å². The summed E-state index contributed by atoms with van der Waals surface area (Å²) in [4.78, 5) is 15.4. The van der Waals surface area contributed by atoms with Crippen LogP contribution in [-0.4, -0.2) is 28.2 Å². The first kappa shape index (κ1) is 22.2. The van der Waals surface area contributed by atoms with E-state index in [1.165, 1.54) is 17.6 Å². The van der Waals surface area contributed by atoms with Gasteiger partial charge < -0.3 is 10.1 Å². The molecule has 1 aromatic carbocycles. The van der Waals surface area contributed by atoms with E-state index in [9.17, 15) is 4.79 Å². The standard InChI is InChI=1S/C20H22ClN3O3.ClH/c21-16-11-15(9-10-19(25)24-26)12-22-20(16)23-17-7-4-8-18(17)27-13-14-5-2-1-3-6-14;/h1-3,5-6,9-12,17-18,26H,4,7-8,13H2,(H,22,23)(H,24,25);1H/b10-9+;/t17-,18-;/m1./s1. The van der Waals surface area contributed by atoms with Gasteiger partial charge in [0.25, 0.3) is 5.91 Å². The first-order chi connectivity index (χ1) is 13.2. The molecular weight excluding hydrogens is 401 g/mol. The molecule has 6 nitrogen and oxygen atoms in total. The minimum atomic E-state index is -0.613. The van der Waals surface area contributed by atoms with Crippen LogP contribution in [-0.2, 0) is 16.1 Å². The van der Waals surface area contributed by atoms with Crippen LogP contribution < -0.4 is 10.8 Å². The van der Waals surface area contributed by atoms with E-state index in [2.05, 4.69) is 22.4 Å². The topological polar surface area (TPSA) is 83.5 Å². The smallest absolute Gasteiger partial charge is 0.267 e. The Morgan fingerprint density at radius 1 is 1.32 bits per heavy atom. The lowest BCUT2D eigenvalue weighted by Gasteiger charge is -2.22. The number of halogens is 2. The number of hydrogen-bond acceptors (Lipinski definition) is 5. The lowest BCUT2D eigenvalue weighted by molar-refractivity contribution is -0.124. The van der Waals surface area contributed by atoms with Gasteiger partial charge in [-0.1, -0.05) is 41.9 Å². The van der Waals surface area contributed by atoms with Crippen molar-refractivity contribution in [3.8, 4) is 0 Å². The molecule has 1 aromatic heterocycles. The molecule has 0 unspecified atom stereocenters. The summed E-state index contributed by atoms with van der Waals surface area (Å²) >= 11 is 6.33. The zero-order valence-electron chi connectivity index (χ0n) is 15.2. The van der Waals surface area contributed by atoms with Gasteiger partial charge >= 0.3 is 0 Å². The number of ether oxygens (including phenoxy) is 1. The van der Waals surface area contributed by atoms with Crippen LogP contribution in [0.3, 0.4) is 0 Å². The van der Waals surface area contributed by atoms with E-state index in [1.807, 2.05) is 18.2 Å². The van der Waals surface area contributed by atoms with Gasteiger partial charge in [-0.3, -0.25) is 10.0 Å². The molecule has 0 saturated heterocycles. The number of anilines is 1. The fourth-order valence-corrected chi connectivity index (χ4v) is 3.33. The van der Waals surface area contributed by atoms with Gasteiger partial charge in [0.1, 0.15) is 5.82 Å². The number of nitrogens with zero attached hydrogens (tertiary/aromatic N) is 1. The van der Waals surface area contributed by atoms with E-state index in [1.54, 1.807) is 12.3 Å². The first-order valence-corrected chi connectivity index (χ1v) is 9.23. The second-order valence-electron chi connectivity index (χ2n) is 6.43. The maximum absolute atomic E-state index is 11.0. The fraction of sp³-hybridized carbons (Fsp3) is 0.300. The number of carbonyl (C=O) groups excluding carboxylic acids is 1. The molecule has 8 heteroatoms. The first-order valence-electron chi connectivity index (χ1n) is 8.85. The Hall–Kier alpha value is -2.12. The molecule has 28 heavy (non-hydrogen) atoms. The molecule has 1 saturated carbocycles. The molecular formula is C20H23Cl2N3O3. The number of pyridine rings is 1. The van der Waals surface area contributed by atoms with Crippen molar-refractivity contribution in [2.24, 2.45) is 0 Å². The van der Waals surface area contributed by atoms with Crippen LogP contribution in [0.5, 0.6) is 0 Å². The van der Waals surface area contributed by atoms with Crippen molar-refractivity contribution >= 4 is 41.8 Å². The molecule has 1 amide bonds. The van der Waals surface area contributed by atoms with Crippen LogP contribution in [0.25, 0.3) is 6.08 Å². The predicted octanol–water partition coefficient (Wildman–Crippen LogP) is 4.23. The van der Waals surface area contributed by atoms with Crippen LogP contribution in [0.1, 0.15) is 30.4 Å². The summed E-state index contributed by atoms with van der Waals surface area (Å²) in [7, 11) is 0. The third-order valence-electron chi connectivity index (χ3n) is 4.48. The Bertz CT molecular complexity index is 803. The molecule has 0 aliphatic heterocycles. The summed E-state index contributed by atoms with van der Waals surface area (Å²) in [5, 5.41) is 12.4. The summed E-state index contributed by atoms with van der Waals surface area (Å²) < 4.78 is 6.10. The second-order valence-corrected chi connectivity index (χ2v) is 6.83. The molecule has 1 aliphatic rings. The predicted molar refractivity (Wildman–Crippen MR) is 112 cm³/mol. The molecule has 3 rings (SSSR count). The molecule has 0 radical (unpaired) electrons. The number of aromatic nitrogens is 1. The van der Waals surface area contributed by atoms with Crippen molar-refractivity contribution in [1.82, 2.24) is 10.5 Å². The molecule has 1 aliphatic carbocycles. The van der Waals surface area contributed by atoms with Gasteiger partial charge in [0.2, 0.25) is 0 Å². The minimum Gasteiger partial charge on any atom is -0.371 e. The Morgan fingerprint density at radius 3 is 2.82 bits per heavy atom. The van der Waals surface area contributed by atoms with Gasteiger partial charge in [0.05, 0.1) is 23.8 Å². The minimum absolute atomic E-state index is 0. The summed E-state index contributed by atoms with van der Waals surface area (Å²) in [5.74, 6) is -0.0154. The van der Waals surface area contributed by atoms with E-state index in [0.717, 1.165) is 24.8 Å². The summed E-state index contributed by atoms with van der Waals surface area (Å²) in [5.41, 5.74) is 3.35. The van der Waals surface area contributed by atoms with Crippen molar-refractivity contribution < 1.29 is 14.7 Å². The van der Waals surface area contributed by atoms with Crippen molar-refractivity contribution in [2.45, 2.75) is 38.0 Å². The molecule has 2 aromatic rings. The van der Waals surface area contributed by atoms with Crippen LogP contribution in [0.4, 0.5) is 5.82 Å². The molecule has 0 spiro atoms. The Labute approximate surface area is 175 Å². The summed E-state index contributed by atoms with van der Waals surface area (Å²) in [6.07, 6.45) is 7.53. The number of hydroxylamine groups is 1. The highest BCUT2D eigenvalue weighted by Crippen LogP contribution is 2.29. The van der Waals surface area contributed by atoms with Crippen LogP contribution in [0.2, 0.25) is 5.02 Å². The third-order valence-corrected chi connectivity index (χ3v) is 4.77. The average Bonchev–Trinajstić information content (AvgIpc) is 3.14. The lowest BCUT2D eigenvalue weighted by Crippen LogP contribution is -2.31. The summed E-state index contributed by atoms with van der Waals surface area (Å²) in [6, 6.07) is 12.0. The normalized spacial score (nSPS) is 18.6. The van der Waals surface area contributed by atoms with E-state index in [0.29, 0.717) is 23.0 Å². The number of benzene rings is 1. The fourth-order valence-electron chi connectivity index (χ4n) is 3.10. The maximum atomic E-state index is 11.0. The van der Waals surface area contributed by atoms with Crippen molar-refractivity contribution in [3.05, 3.63) is 64.8 Å². The van der Waals surface area contributed by atoms with Crippen LogP contribution >= 0.6 is 24.0 Å². The molecule has 2 atom stereocenters. The monoisotopic (exact) mass is 423 g/mol. The highest BCUT2D eigenvalue weighted by Gasteiger charge is 2.28. The summed E-state index contributed by atoms with van der Waals surface area (Å²) in [6.45, 7) is 0.585. The van der Waals surface area contributed by atoms with E-state index < -0.39 is 5.91 Å². The van der Waals surface area contributed by atoms with E-state index in [-0.39, 0.29) is 24.6 Å². The number of nitrogens with one attached hydrogen (secondary N) is 2. The number of hydrogen-bond donors (Lipinski definition) is 3. The molecule has 0 bridgehead atoms. The van der Waals surface area contributed by atoms with Gasteiger partial charge in [-0.25, -0.2) is 10.5 Å². The van der Waals surface area contributed by atoms with Gasteiger partial charge in [-0.2, -0.15) is 0 Å². The van der Waals surface area contributed by atoms with Crippen LogP contribution in [0, 0.1) is 0 Å². The molecule has 1 fully saturated rings. The van der Waals surface area contributed by atoms with Crippen molar-refractivity contribution in [2.75, 3.05) is 5.32 Å². The van der Waals surface area contributed by atoms with Gasteiger partial charge in [-0.05, 0) is 42.5 Å².